The van der Waals surface area contributed by atoms with Gasteiger partial charge in [-0.3, -0.25) is 9.67 Å². The molecule has 0 fully saturated rings. The Hall–Kier alpha value is -1.10. The minimum atomic E-state index is 0.0951. The minimum Gasteiger partial charge on any atom is -0.309 e. The Morgan fingerprint density at radius 1 is 1.35 bits per heavy atom. The molecular weight excluding hydrogens is 295 g/mol. The lowest BCUT2D eigenvalue weighted by molar-refractivity contribution is 0.536. The third-order valence-electron chi connectivity index (χ3n) is 3.24. The van der Waals surface area contributed by atoms with Gasteiger partial charge in [-0.2, -0.15) is 5.10 Å². The summed E-state index contributed by atoms with van der Waals surface area (Å²) in [5.74, 6) is 0. The zero-order valence-corrected chi connectivity index (χ0v) is 13.3. The zero-order valence-electron chi connectivity index (χ0n) is 11.8. The van der Waals surface area contributed by atoms with Crippen LogP contribution in [0.25, 0.3) is 0 Å². The normalized spacial score (nSPS) is 12.7. The van der Waals surface area contributed by atoms with Crippen LogP contribution >= 0.6 is 23.2 Å². The van der Waals surface area contributed by atoms with Gasteiger partial charge in [-0.05, 0) is 32.0 Å². The number of aryl methyl sites for hydroxylation is 2. The van der Waals surface area contributed by atoms with Crippen molar-refractivity contribution < 1.29 is 0 Å². The van der Waals surface area contributed by atoms with Crippen molar-refractivity contribution in [3.8, 4) is 0 Å². The largest absolute Gasteiger partial charge is 0.309 e. The summed E-state index contributed by atoms with van der Waals surface area (Å²) in [5.41, 5.74) is 2.96. The Bertz CT molecular complexity index is 578. The van der Waals surface area contributed by atoms with E-state index in [1.807, 2.05) is 26.1 Å². The first-order chi connectivity index (χ1) is 9.52. The van der Waals surface area contributed by atoms with Gasteiger partial charge in [0.1, 0.15) is 5.15 Å². The van der Waals surface area contributed by atoms with E-state index in [-0.39, 0.29) is 6.04 Å². The summed E-state index contributed by atoms with van der Waals surface area (Å²) < 4.78 is 1.70. The molecule has 0 spiro atoms. The number of aromatic nitrogens is 3. The van der Waals surface area contributed by atoms with Crippen LogP contribution in [0.1, 0.15) is 29.9 Å². The summed E-state index contributed by atoms with van der Waals surface area (Å²) in [5, 5.41) is 9.09. The number of hydrogen-bond acceptors (Lipinski definition) is 3. The molecule has 0 bridgehead atoms. The molecule has 1 atom stereocenters. The average Bonchev–Trinajstić information content (AvgIpc) is 2.65. The maximum atomic E-state index is 6.30. The van der Waals surface area contributed by atoms with Crippen LogP contribution in [-0.2, 0) is 13.5 Å². The summed E-state index contributed by atoms with van der Waals surface area (Å²) in [6, 6.07) is 3.89. The van der Waals surface area contributed by atoms with E-state index in [0.717, 1.165) is 29.9 Å². The van der Waals surface area contributed by atoms with Crippen LogP contribution in [0.15, 0.2) is 18.3 Å². The molecule has 20 heavy (non-hydrogen) atoms. The van der Waals surface area contributed by atoms with E-state index < -0.39 is 0 Å². The van der Waals surface area contributed by atoms with Crippen molar-refractivity contribution in [2.24, 2.45) is 7.05 Å². The molecule has 0 aliphatic heterocycles. The number of halogens is 2. The molecule has 0 aromatic carbocycles. The van der Waals surface area contributed by atoms with Crippen LogP contribution in [0.4, 0.5) is 0 Å². The van der Waals surface area contributed by atoms with E-state index in [9.17, 15) is 0 Å². The highest BCUT2D eigenvalue weighted by atomic mass is 35.5. The Balaban J connectivity index is 2.27. The van der Waals surface area contributed by atoms with Crippen molar-refractivity contribution >= 4 is 23.2 Å². The van der Waals surface area contributed by atoms with Crippen molar-refractivity contribution in [2.75, 3.05) is 6.54 Å². The summed E-state index contributed by atoms with van der Waals surface area (Å²) >= 11 is 12.2. The van der Waals surface area contributed by atoms with E-state index >= 15 is 0 Å². The van der Waals surface area contributed by atoms with Crippen LogP contribution in [0.2, 0.25) is 10.2 Å². The highest BCUT2D eigenvalue weighted by molar-refractivity contribution is 6.30. The van der Waals surface area contributed by atoms with Gasteiger partial charge < -0.3 is 5.32 Å². The number of nitrogens with zero attached hydrogens (tertiary/aromatic N) is 3. The molecule has 1 N–H and O–H groups in total. The van der Waals surface area contributed by atoms with E-state index in [1.54, 1.807) is 10.9 Å². The number of rotatable bonds is 5. The Kier molecular flexibility index (Phi) is 5.02. The molecule has 0 saturated heterocycles. The predicted molar refractivity (Wildman–Crippen MR) is 82.3 cm³/mol. The first-order valence-corrected chi connectivity index (χ1v) is 7.31. The molecule has 0 amide bonds. The van der Waals surface area contributed by atoms with Crippen molar-refractivity contribution in [1.29, 1.82) is 0 Å². The van der Waals surface area contributed by atoms with Gasteiger partial charge in [-0.25, -0.2) is 0 Å². The van der Waals surface area contributed by atoms with E-state index in [2.05, 4.69) is 22.3 Å². The van der Waals surface area contributed by atoms with Gasteiger partial charge in [0.2, 0.25) is 0 Å². The maximum absolute atomic E-state index is 6.30. The number of pyridine rings is 1. The molecule has 108 valence electrons. The van der Waals surface area contributed by atoms with Gasteiger partial charge in [-0.1, -0.05) is 30.1 Å². The second-order valence-corrected chi connectivity index (χ2v) is 5.49. The molecule has 2 aromatic heterocycles. The molecule has 0 saturated carbocycles. The first kappa shape index (κ1) is 15.3. The van der Waals surface area contributed by atoms with Crippen LogP contribution < -0.4 is 5.32 Å². The van der Waals surface area contributed by atoms with Crippen molar-refractivity contribution in [2.45, 2.75) is 26.3 Å². The molecule has 6 heteroatoms. The fourth-order valence-electron chi connectivity index (χ4n) is 2.23. The van der Waals surface area contributed by atoms with Gasteiger partial charge in [0.05, 0.1) is 22.5 Å². The van der Waals surface area contributed by atoms with Gasteiger partial charge >= 0.3 is 0 Å². The smallest absolute Gasteiger partial charge is 0.130 e. The lowest BCUT2D eigenvalue weighted by atomic mass is 10.0. The lowest BCUT2D eigenvalue weighted by Gasteiger charge is -2.17. The second-order valence-electron chi connectivity index (χ2n) is 4.69. The molecule has 0 radical (unpaired) electrons. The minimum absolute atomic E-state index is 0.0951. The van der Waals surface area contributed by atoms with Crippen molar-refractivity contribution in [1.82, 2.24) is 20.1 Å². The average molecular weight is 313 g/mol. The van der Waals surface area contributed by atoms with Gasteiger partial charge in [0.15, 0.2) is 0 Å². The van der Waals surface area contributed by atoms with Crippen LogP contribution in [0, 0.1) is 6.92 Å². The first-order valence-electron chi connectivity index (χ1n) is 6.55. The van der Waals surface area contributed by atoms with Crippen LogP contribution in [-0.4, -0.2) is 21.3 Å². The van der Waals surface area contributed by atoms with Gasteiger partial charge in [0.25, 0.3) is 0 Å². The molecule has 0 aliphatic carbocycles. The summed E-state index contributed by atoms with van der Waals surface area (Å²) in [7, 11) is 1.85. The van der Waals surface area contributed by atoms with E-state index in [0.29, 0.717) is 10.2 Å². The molecule has 1 unspecified atom stereocenters. The molecule has 2 rings (SSSR count). The molecule has 0 aliphatic rings. The number of nitrogens with one attached hydrogen (secondary N) is 1. The van der Waals surface area contributed by atoms with Gasteiger partial charge in [0, 0.05) is 18.8 Å². The summed E-state index contributed by atoms with van der Waals surface area (Å²) in [6.07, 6.45) is 2.42. The number of hydrogen-bond donors (Lipinski definition) is 1. The SMILES string of the molecule is CCNC(Cc1c(C)nn(C)c1Cl)c1ccc(Cl)cn1. The quantitative estimate of drug-likeness (QED) is 0.921. The van der Waals surface area contributed by atoms with Gasteiger partial charge in [-0.15, -0.1) is 0 Å². The monoisotopic (exact) mass is 312 g/mol. The fraction of sp³-hybridized carbons (Fsp3) is 0.429. The Morgan fingerprint density at radius 3 is 2.60 bits per heavy atom. The zero-order chi connectivity index (χ0) is 14.7. The van der Waals surface area contributed by atoms with Crippen LogP contribution in [0.5, 0.6) is 0 Å². The second kappa shape index (κ2) is 6.57. The standard InChI is InChI=1S/C14H18Cl2N4/c1-4-17-13(12-6-5-10(15)8-18-12)7-11-9(2)19-20(3)14(11)16/h5-6,8,13,17H,4,7H2,1-3H3. The molecule has 2 aromatic rings. The molecule has 2 heterocycles. The molecule has 4 nitrogen and oxygen atoms in total. The maximum Gasteiger partial charge on any atom is 0.130 e. The number of likely N-dealkylation sites (N-methyl/N-ethyl adjacent to an activating group) is 1. The third kappa shape index (κ3) is 3.32. The summed E-state index contributed by atoms with van der Waals surface area (Å²) in [4.78, 5) is 4.39. The highest BCUT2D eigenvalue weighted by Gasteiger charge is 2.18. The van der Waals surface area contributed by atoms with Crippen LogP contribution in [0.3, 0.4) is 0 Å². The Labute approximate surface area is 129 Å². The van der Waals surface area contributed by atoms with Crippen molar-refractivity contribution in [3.63, 3.8) is 0 Å². The topological polar surface area (TPSA) is 42.7 Å². The molecular formula is C14H18Cl2N4. The fourth-order valence-corrected chi connectivity index (χ4v) is 2.59. The van der Waals surface area contributed by atoms with E-state index in [4.69, 9.17) is 23.2 Å². The highest BCUT2D eigenvalue weighted by Crippen LogP contribution is 2.25. The third-order valence-corrected chi connectivity index (χ3v) is 3.93. The summed E-state index contributed by atoms with van der Waals surface area (Å²) in [6.45, 7) is 4.89. The Morgan fingerprint density at radius 2 is 2.10 bits per heavy atom. The lowest BCUT2D eigenvalue weighted by Crippen LogP contribution is -2.24. The predicted octanol–water partition coefficient (Wildman–Crippen LogP) is 3.32. The van der Waals surface area contributed by atoms with Crippen molar-refractivity contribution in [3.05, 3.63) is 45.5 Å². The van der Waals surface area contributed by atoms with E-state index in [1.165, 1.54) is 0 Å².